The highest BCUT2D eigenvalue weighted by Crippen LogP contribution is 2.38. The van der Waals surface area contributed by atoms with Crippen LogP contribution in [-0.4, -0.2) is 32.0 Å². The maximum absolute atomic E-state index is 13.2. The summed E-state index contributed by atoms with van der Waals surface area (Å²) < 4.78 is 39.5. The predicted octanol–water partition coefficient (Wildman–Crippen LogP) is 16.4. The highest BCUT2D eigenvalue weighted by molar-refractivity contribution is 6.37. The maximum atomic E-state index is 13.2. The third kappa shape index (κ3) is 18.0. The van der Waals surface area contributed by atoms with Gasteiger partial charge in [-0.1, -0.05) is 148 Å². The van der Waals surface area contributed by atoms with Crippen LogP contribution in [0.5, 0.6) is 0 Å². The molecule has 0 spiro atoms. The Kier molecular flexibility index (Phi) is 28.9. The van der Waals surface area contributed by atoms with Crippen molar-refractivity contribution in [3.8, 4) is 11.1 Å². The van der Waals surface area contributed by atoms with Crippen LogP contribution < -0.4 is 10.6 Å². The minimum absolute atomic E-state index is 0.0890. The van der Waals surface area contributed by atoms with Crippen molar-refractivity contribution in [1.82, 2.24) is 10.6 Å². The third-order valence-electron chi connectivity index (χ3n) is 11.0. The van der Waals surface area contributed by atoms with Crippen molar-refractivity contribution >= 4 is 17.3 Å². The summed E-state index contributed by atoms with van der Waals surface area (Å²) in [4.78, 5) is 5.02. The van der Waals surface area contributed by atoms with E-state index in [1.807, 2.05) is 48.5 Å². The number of nitrogens with zero attached hydrogens (tertiary/aromatic N) is 1. The number of halogens is 4. The summed E-state index contributed by atoms with van der Waals surface area (Å²) in [6.45, 7) is 33.2. The van der Waals surface area contributed by atoms with Crippen LogP contribution >= 0.6 is 11.6 Å². The van der Waals surface area contributed by atoms with Crippen LogP contribution in [0, 0.1) is 11.8 Å². The van der Waals surface area contributed by atoms with Crippen LogP contribution in [0.15, 0.2) is 100 Å². The molecule has 1 heterocycles. The van der Waals surface area contributed by atoms with E-state index >= 15 is 0 Å². The number of alkyl halides is 3. The van der Waals surface area contributed by atoms with Gasteiger partial charge in [-0.15, -0.1) is 6.58 Å². The van der Waals surface area contributed by atoms with Crippen LogP contribution in [0.2, 0.25) is 5.02 Å². The quantitative estimate of drug-likeness (QED) is 0.106. The lowest BCUT2D eigenvalue weighted by Gasteiger charge is -2.19. The van der Waals surface area contributed by atoms with Gasteiger partial charge in [-0.2, -0.15) is 13.2 Å². The number of benzene rings is 2. The first-order valence-corrected chi connectivity index (χ1v) is 22.9. The molecule has 4 rings (SSSR count). The molecule has 2 N–H and O–H groups in total. The van der Waals surface area contributed by atoms with E-state index < -0.39 is 11.7 Å². The van der Waals surface area contributed by atoms with Gasteiger partial charge in [0.1, 0.15) is 0 Å². The summed E-state index contributed by atoms with van der Waals surface area (Å²) in [5.41, 5.74) is 11.1. The Labute approximate surface area is 364 Å². The first kappa shape index (κ1) is 55.7. The van der Waals surface area contributed by atoms with Crippen molar-refractivity contribution in [2.45, 2.75) is 160 Å². The van der Waals surface area contributed by atoms with Gasteiger partial charge in [-0.25, -0.2) is 0 Å². The van der Waals surface area contributed by atoms with Gasteiger partial charge < -0.3 is 10.6 Å². The highest BCUT2D eigenvalue weighted by Gasteiger charge is 2.35. The van der Waals surface area contributed by atoms with E-state index in [9.17, 15) is 13.2 Å². The van der Waals surface area contributed by atoms with Crippen LogP contribution in [0.3, 0.4) is 0 Å². The Morgan fingerprint density at radius 1 is 0.932 bits per heavy atom. The number of fused-ring (bicyclic) bond motifs is 1. The van der Waals surface area contributed by atoms with E-state index in [0.717, 1.165) is 60.1 Å². The maximum Gasteiger partial charge on any atom is 0.416 e. The van der Waals surface area contributed by atoms with Gasteiger partial charge in [0.15, 0.2) is 0 Å². The summed E-state index contributed by atoms with van der Waals surface area (Å²) in [6.07, 6.45) is 11.0. The molecule has 0 saturated heterocycles. The summed E-state index contributed by atoms with van der Waals surface area (Å²) in [5, 5.41) is 7.09. The van der Waals surface area contributed by atoms with Gasteiger partial charge in [0, 0.05) is 36.1 Å². The SMILES string of the molecule is C=C(NC)/C(=C\C(=C(\C)C(C)CC)C(F)(F)F)CC.C=CC(CC)CCC.CC.CC.CCCC1=C(N=C(C)c2cccc(-c3cccc4c3CCC4)c2Cl)CNCC1. The van der Waals surface area contributed by atoms with E-state index in [0.29, 0.717) is 29.7 Å². The minimum Gasteiger partial charge on any atom is -0.388 e. The van der Waals surface area contributed by atoms with E-state index in [2.05, 4.69) is 94.0 Å². The molecule has 2 unspecified atom stereocenters. The van der Waals surface area contributed by atoms with Crippen molar-refractivity contribution in [1.29, 1.82) is 0 Å². The summed E-state index contributed by atoms with van der Waals surface area (Å²) in [5.74, 6) is 0.675. The highest BCUT2D eigenvalue weighted by atomic mass is 35.5. The molecule has 2 aliphatic rings. The Hall–Kier alpha value is -3.35. The Balaban J connectivity index is 0.000000941. The standard InChI is InChI=1S/C25H29ClN2.C15H24F3N.C8H16.2C2H6/c1-3-7-19-14-15-27-16-24(19)28-17(2)20-10-6-13-23(25(20)26)22-12-5-9-18-8-4-11-21(18)22;1-7-10(3)11(4)14(15(16,17)18)9-13(8-2)12(5)19-6;1-4-7-8(5-2)6-3;2*1-2/h5-6,9-10,12-13,27H,3-4,7-8,11,14-16H2,1-2H3;9-10,19H,5,7-8H2,1-4,6H3;5,8H,2,4,6-7H2,1,3H3;2*1-2H3/b;13-9-,14-11+;;;. The van der Waals surface area contributed by atoms with E-state index in [1.54, 1.807) is 14.0 Å². The number of aliphatic imine (C=N–C) groups is 1. The normalized spacial score (nSPS) is 15.3. The van der Waals surface area contributed by atoms with Gasteiger partial charge in [0.2, 0.25) is 0 Å². The number of rotatable bonds is 15. The molecular weight excluding hydrogens is 759 g/mol. The first-order chi connectivity index (χ1) is 28.2. The van der Waals surface area contributed by atoms with Crippen molar-refractivity contribution in [2.24, 2.45) is 16.8 Å². The molecule has 3 nitrogen and oxygen atoms in total. The van der Waals surface area contributed by atoms with Crippen molar-refractivity contribution in [2.75, 3.05) is 20.1 Å². The molecule has 0 radical (unpaired) electrons. The average molecular weight is 841 g/mol. The molecular formula is C52H81ClF3N3. The number of nitrogens with one attached hydrogen (secondary N) is 2. The Morgan fingerprint density at radius 2 is 1.58 bits per heavy atom. The zero-order valence-corrected chi connectivity index (χ0v) is 40.1. The van der Waals surface area contributed by atoms with Crippen molar-refractivity contribution in [3.63, 3.8) is 0 Å². The summed E-state index contributed by atoms with van der Waals surface area (Å²) >= 11 is 6.94. The van der Waals surface area contributed by atoms with Crippen LogP contribution in [0.1, 0.15) is 158 Å². The van der Waals surface area contributed by atoms with Gasteiger partial charge in [-0.3, -0.25) is 4.99 Å². The molecule has 0 aromatic heterocycles. The monoisotopic (exact) mass is 840 g/mol. The van der Waals surface area contributed by atoms with Crippen LogP contribution in [0.4, 0.5) is 13.2 Å². The average Bonchev–Trinajstić information content (AvgIpc) is 3.74. The minimum atomic E-state index is -4.33. The molecule has 0 bridgehead atoms. The predicted molar refractivity (Wildman–Crippen MR) is 257 cm³/mol. The molecule has 2 aromatic rings. The van der Waals surface area contributed by atoms with Crippen LogP contribution in [-0.2, 0) is 12.8 Å². The van der Waals surface area contributed by atoms with Gasteiger partial charge in [0.25, 0.3) is 0 Å². The lowest BCUT2D eigenvalue weighted by Crippen LogP contribution is -2.25. The molecule has 0 amide bonds. The molecule has 1 aliphatic carbocycles. The third-order valence-corrected chi connectivity index (χ3v) is 11.4. The smallest absolute Gasteiger partial charge is 0.388 e. The van der Waals surface area contributed by atoms with E-state index in [-0.39, 0.29) is 5.92 Å². The Morgan fingerprint density at radius 3 is 2.10 bits per heavy atom. The molecule has 1 aliphatic heterocycles. The second kappa shape index (κ2) is 30.6. The molecule has 59 heavy (non-hydrogen) atoms. The molecule has 2 atom stereocenters. The second-order valence-electron chi connectivity index (χ2n) is 14.7. The van der Waals surface area contributed by atoms with Crippen molar-refractivity contribution in [3.05, 3.63) is 117 Å². The second-order valence-corrected chi connectivity index (χ2v) is 15.1. The Bertz CT molecular complexity index is 1680. The van der Waals surface area contributed by atoms with E-state index in [4.69, 9.17) is 16.6 Å². The van der Waals surface area contributed by atoms with E-state index in [1.165, 1.54) is 72.6 Å². The lowest BCUT2D eigenvalue weighted by molar-refractivity contribution is -0.0894. The number of hydrogen-bond donors (Lipinski definition) is 2. The van der Waals surface area contributed by atoms with Crippen molar-refractivity contribution < 1.29 is 13.2 Å². The molecule has 2 aromatic carbocycles. The molecule has 0 saturated carbocycles. The zero-order chi connectivity index (χ0) is 45.1. The number of aryl methyl sites for hydroxylation is 1. The fourth-order valence-electron chi connectivity index (χ4n) is 7.15. The summed E-state index contributed by atoms with van der Waals surface area (Å²) in [7, 11) is 1.66. The molecule has 7 heteroatoms. The largest absolute Gasteiger partial charge is 0.416 e. The fraction of sp³-hybridized carbons (Fsp3) is 0.558. The molecule has 332 valence electrons. The number of hydrogen-bond acceptors (Lipinski definition) is 3. The van der Waals surface area contributed by atoms with Gasteiger partial charge in [-0.05, 0) is 124 Å². The molecule has 0 fully saturated rings. The number of allylic oxidation sites excluding steroid dienone is 5. The topological polar surface area (TPSA) is 36.4 Å². The van der Waals surface area contributed by atoms with Crippen LogP contribution in [0.25, 0.3) is 11.1 Å². The van der Waals surface area contributed by atoms with Gasteiger partial charge in [0.05, 0.1) is 16.3 Å². The fourth-order valence-corrected chi connectivity index (χ4v) is 7.51. The number of likely N-dealkylation sites (N-methyl/N-ethyl adjacent to an activating group) is 1. The summed E-state index contributed by atoms with van der Waals surface area (Å²) in [6, 6.07) is 13.0. The lowest BCUT2D eigenvalue weighted by atomic mass is 9.93. The zero-order valence-electron chi connectivity index (χ0n) is 39.3. The first-order valence-electron chi connectivity index (χ1n) is 22.6. The van der Waals surface area contributed by atoms with Gasteiger partial charge >= 0.3 is 6.18 Å².